The van der Waals surface area contributed by atoms with Gasteiger partial charge in [0.25, 0.3) is 5.91 Å². The zero-order chi connectivity index (χ0) is 28.2. The number of carboxylic acid groups (broad SMARTS) is 1. The van der Waals surface area contributed by atoms with Gasteiger partial charge < -0.3 is 25.2 Å². The van der Waals surface area contributed by atoms with E-state index in [-0.39, 0.29) is 30.5 Å². The molecule has 1 amide bonds. The second-order valence-electron chi connectivity index (χ2n) is 10.4. The first-order chi connectivity index (χ1) is 19.3. The molecule has 9 heteroatoms. The maximum absolute atomic E-state index is 13.7. The number of aromatic nitrogens is 2. The van der Waals surface area contributed by atoms with Crippen LogP contribution in [-0.4, -0.2) is 49.0 Å². The van der Waals surface area contributed by atoms with E-state index in [1.807, 2.05) is 47.0 Å². The number of nitrogens with zero attached hydrogens (tertiary/aromatic N) is 2. The molecule has 0 spiro atoms. The van der Waals surface area contributed by atoms with Crippen molar-refractivity contribution in [1.82, 2.24) is 14.9 Å². The average Bonchev–Trinajstić information content (AvgIpc) is 3.70. The van der Waals surface area contributed by atoms with Crippen molar-refractivity contribution in [3.8, 4) is 11.4 Å². The van der Waals surface area contributed by atoms with Gasteiger partial charge in [0.05, 0.1) is 24.3 Å². The summed E-state index contributed by atoms with van der Waals surface area (Å²) >= 11 is 0. The van der Waals surface area contributed by atoms with E-state index in [9.17, 15) is 24.2 Å². The number of amides is 1. The first kappa shape index (κ1) is 27.5. The number of aliphatic hydroxyl groups excluding tert-OH is 2. The van der Waals surface area contributed by atoms with Gasteiger partial charge in [-0.15, -0.1) is 0 Å². The Morgan fingerprint density at radius 1 is 1.00 bits per heavy atom. The minimum atomic E-state index is -1.16. The molecule has 40 heavy (non-hydrogen) atoms. The number of carboxylic acids is 1. The van der Waals surface area contributed by atoms with E-state index in [1.54, 1.807) is 12.1 Å². The second kappa shape index (κ2) is 12.0. The van der Waals surface area contributed by atoms with Gasteiger partial charge >= 0.3 is 5.97 Å². The maximum Gasteiger partial charge on any atom is 0.305 e. The van der Waals surface area contributed by atoms with Crippen LogP contribution in [0.1, 0.15) is 59.8 Å². The SMILES string of the molecule is O=C(O)C[C@H](O)C[C@H](O)CCn1c(-c2ccc(F)cc2)nc(C(=O)NCc2ccc3ccccc3c2)c1C1CC1. The summed E-state index contributed by atoms with van der Waals surface area (Å²) in [5.41, 5.74) is 2.68. The Kier molecular flexibility index (Phi) is 8.23. The van der Waals surface area contributed by atoms with Crippen molar-refractivity contribution >= 4 is 22.6 Å². The number of fused-ring (bicyclic) bond motifs is 1. The second-order valence-corrected chi connectivity index (χ2v) is 10.4. The molecule has 0 bridgehead atoms. The van der Waals surface area contributed by atoms with E-state index in [1.165, 1.54) is 12.1 Å². The number of carbonyl (C=O) groups is 2. The number of hydrogen-bond acceptors (Lipinski definition) is 5. The van der Waals surface area contributed by atoms with Crippen molar-refractivity contribution in [2.45, 2.75) is 63.3 Å². The Labute approximate surface area is 231 Å². The number of nitrogens with one attached hydrogen (secondary N) is 1. The molecule has 8 nitrogen and oxygen atoms in total. The molecule has 5 rings (SSSR count). The molecule has 1 heterocycles. The molecular formula is C31H32FN3O5. The van der Waals surface area contributed by atoms with Crippen molar-refractivity contribution in [2.24, 2.45) is 0 Å². The Hall–Kier alpha value is -4.08. The van der Waals surface area contributed by atoms with Crippen LogP contribution < -0.4 is 5.32 Å². The van der Waals surface area contributed by atoms with Gasteiger partial charge in [-0.1, -0.05) is 36.4 Å². The van der Waals surface area contributed by atoms with E-state index in [4.69, 9.17) is 10.1 Å². The lowest BCUT2D eigenvalue weighted by molar-refractivity contribution is -0.139. The Morgan fingerprint density at radius 3 is 2.42 bits per heavy atom. The number of aliphatic hydroxyl groups is 2. The Morgan fingerprint density at radius 2 is 1.73 bits per heavy atom. The average molecular weight is 546 g/mol. The van der Waals surface area contributed by atoms with E-state index in [0.717, 1.165) is 34.9 Å². The number of rotatable bonds is 12. The first-order valence-electron chi connectivity index (χ1n) is 13.5. The summed E-state index contributed by atoms with van der Waals surface area (Å²) in [6, 6.07) is 19.9. The van der Waals surface area contributed by atoms with E-state index in [2.05, 4.69) is 5.32 Å². The Balaban J connectivity index is 1.40. The summed E-state index contributed by atoms with van der Waals surface area (Å²) in [6.07, 6.45) is -0.610. The smallest absolute Gasteiger partial charge is 0.305 e. The molecular weight excluding hydrogens is 513 g/mol. The predicted octanol–water partition coefficient (Wildman–Crippen LogP) is 4.63. The lowest BCUT2D eigenvalue weighted by Gasteiger charge is -2.17. The van der Waals surface area contributed by atoms with Crippen LogP contribution in [0.15, 0.2) is 66.7 Å². The predicted molar refractivity (Wildman–Crippen MR) is 148 cm³/mol. The standard InChI is InChI=1S/C31H32FN3O5/c32-24-11-9-22(10-12-24)30-34-28(31(40)33-18-19-5-6-20-3-1-2-4-23(20)15-19)29(21-7-8-21)35(30)14-13-25(36)16-26(37)17-27(38)39/h1-6,9-12,15,21,25-26,36-37H,7-8,13-14,16-18H2,(H,33,40)(H,38,39)/t25-,26-/m1/s1. The number of aliphatic carboxylic acids is 1. The van der Waals surface area contributed by atoms with Gasteiger partial charge in [-0.2, -0.15) is 0 Å². The lowest BCUT2D eigenvalue weighted by Crippen LogP contribution is -2.25. The monoisotopic (exact) mass is 545 g/mol. The highest BCUT2D eigenvalue weighted by molar-refractivity contribution is 5.94. The van der Waals surface area contributed by atoms with Crippen molar-refractivity contribution in [3.63, 3.8) is 0 Å². The molecule has 208 valence electrons. The van der Waals surface area contributed by atoms with E-state index >= 15 is 0 Å². The van der Waals surface area contributed by atoms with Gasteiger partial charge in [0.15, 0.2) is 0 Å². The van der Waals surface area contributed by atoms with E-state index < -0.39 is 24.6 Å². The van der Waals surface area contributed by atoms with Crippen molar-refractivity contribution in [3.05, 3.63) is 89.5 Å². The highest BCUT2D eigenvalue weighted by atomic mass is 19.1. The van der Waals surface area contributed by atoms with Crippen LogP contribution in [0.25, 0.3) is 22.2 Å². The minimum absolute atomic E-state index is 0.0786. The summed E-state index contributed by atoms with van der Waals surface area (Å²) in [4.78, 5) is 29.1. The van der Waals surface area contributed by atoms with Crippen LogP contribution in [0.4, 0.5) is 4.39 Å². The molecule has 0 aliphatic heterocycles. The van der Waals surface area contributed by atoms with Gasteiger partial charge in [0.2, 0.25) is 0 Å². The normalized spacial score (nSPS) is 14.7. The molecule has 1 aliphatic carbocycles. The highest BCUT2D eigenvalue weighted by Gasteiger charge is 2.35. The topological polar surface area (TPSA) is 125 Å². The summed E-state index contributed by atoms with van der Waals surface area (Å²) < 4.78 is 15.6. The molecule has 1 saturated carbocycles. The largest absolute Gasteiger partial charge is 0.481 e. The molecule has 1 aliphatic rings. The number of benzene rings is 3. The summed E-state index contributed by atoms with van der Waals surface area (Å²) in [6.45, 7) is 0.622. The quantitative estimate of drug-likeness (QED) is 0.206. The highest BCUT2D eigenvalue weighted by Crippen LogP contribution is 2.43. The van der Waals surface area contributed by atoms with Gasteiger partial charge in [0.1, 0.15) is 17.3 Å². The molecule has 3 aromatic carbocycles. The zero-order valence-electron chi connectivity index (χ0n) is 22.0. The molecule has 0 saturated heterocycles. The van der Waals surface area contributed by atoms with Gasteiger partial charge in [0, 0.05) is 24.6 Å². The number of imidazole rings is 1. The molecule has 0 radical (unpaired) electrons. The van der Waals surface area contributed by atoms with Crippen LogP contribution in [-0.2, 0) is 17.9 Å². The summed E-state index contributed by atoms with van der Waals surface area (Å²) in [5, 5.41) is 34.6. The third-order valence-corrected chi connectivity index (χ3v) is 7.20. The van der Waals surface area contributed by atoms with Crippen LogP contribution in [0.3, 0.4) is 0 Å². The number of halogens is 1. The third-order valence-electron chi connectivity index (χ3n) is 7.20. The van der Waals surface area contributed by atoms with Gasteiger partial charge in [-0.25, -0.2) is 9.37 Å². The summed E-state index contributed by atoms with van der Waals surface area (Å²) in [7, 11) is 0. The summed E-state index contributed by atoms with van der Waals surface area (Å²) in [5.74, 6) is -1.20. The minimum Gasteiger partial charge on any atom is -0.481 e. The molecule has 4 aromatic rings. The van der Waals surface area contributed by atoms with Crippen LogP contribution in [0.2, 0.25) is 0 Å². The molecule has 2 atom stereocenters. The number of carbonyl (C=O) groups excluding carboxylic acids is 1. The fraction of sp³-hybridized carbons (Fsp3) is 0.323. The van der Waals surface area contributed by atoms with Crippen molar-refractivity contribution in [2.75, 3.05) is 0 Å². The van der Waals surface area contributed by atoms with Crippen molar-refractivity contribution < 1.29 is 29.3 Å². The molecule has 1 aromatic heterocycles. The van der Waals surface area contributed by atoms with Crippen LogP contribution in [0.5, 0.6) is 0 Å². The zero-order valence-corrected chi connectivity index (χ0v) is 22.0. The van der Waals surface area contributed by atoms with E-state index in [0.29, 0.717) is 30.2 Å². The Bertz CT molecular complexity index is 1510. The van der Waals surface area contributed by atoms with Crippen LogP contribution >= 0.6 is 0 Å². The molecule has 4 N–H and O–H groups in total. The van der Waals surface area contributed by atoms with Crippen LogP contribution in [0, 0.1) is 5.82 Å². The molecule has 0 unspecified atom stereocenters. The maximum atomic E-state index is 13.7. The van der Waals surface area contributed by atoms with Gasteiger partial charge in [-0.3, -0.25) is 9.59 Å². The lowest BCUT2D eigenvalue weighted by atomic mass is 10.1. The molecule has 1 fully saturated rings. The number of hydrogen-bond donors (Lipinski definition) is 4. The van der Waals surface area contributed by atoms with Gasteiger partial charge in [-0.05, 0) is 72.4 Å². The third kappa shape index (κ3) is 6.55. The first-order valence-corrected chi connectivity index (χ1v) is 13.5. The fourth-order valence-electron chi connectivity index (χ4n) is 5.06. The fourth-order valence-corrected chi connectivity index (χ4v) is 5.06. The van der Waals surface area contributed by atoms with Crippen molar-refractivity contribution in [1.29, 1.82) is 0 Å².